The molecule has 0 heterocycles. The molecule has 8 heteroatoms. The van der Waals surface area contributed by atoms with Gasteiger partial charge in [0, 0.05) is 11.4 Å². The molecule has 0 bridgehead atoms. The molecule has 2 saturated carbocycles. The van der Waals surface area contributed by atoms with E-state index in [1.807, 2.05) is 12.1 Å². The second kappa shape index (κ2) is 12.9. The van der Waals surface area contributed by atoms with E-state index in [9.17, 15) is 14.4 Å². The zero-order valence-corrected chi connectivity index (χ0v) is 29.6. The summed E-state index contributed by atoms with van der Waals surface area (Å²) in [5, 5.41) is 6.10. The van der Waals surface area contributed by atoms with Gasteiger partial charge in [-0.3, -0.25) is 19.7 Å². The topological polar surface area (TPSA) is 153 Å². The standard InChI is InChI=1S/C40H57N5O3/c1-37-18-7-20-39(3,32(37)16-12-25-10-14-27(42)23-29(25)37)35(47)45-36(48)40(4)21-8-19-38(2)30-24-28(15-11-26(30)13-17-33(38)40)44-34(46)31(43)9-5-6-22-41/h10-11,14-15,23-24,31-33H,5-9,12-13,16-22,41-43H2,1-4H3,(H,44,46)(H,45,47,48)/t31-,32?,33+,37+,38+,39-,40-/m0/s1. The van der Waals surface area contributed by atoms with Crippen LogP contribution < -0.4 is 27.8 Å². The summed E-state index contributed by atoms with van der Waals surface area (Å²) in [6.07, 6.45) is 11.2. The Kier molecular flexibility index (Phi) is 9.31. The molecule has 6 rings (SSSR count). The molecule has 0 aromatic heterocycles. The Labute approximate surface area is 286 Å². The molecule has 2 aromatic rings. The molecule has 0 spiro atoms. The van der Waals surface area contributed by atoms with Gasteiger partial charge in [0.25, 0.3) is 0 Å². The molecule has 8 nitrogen and oxygen atoms in total. The fourth-order valence-corrected chi connectivity index (χ4v) is 10.8. The first-order chi connectivity index (χ1) is 22.8. The number of benzene rings is 2. The van der Waals surface area contributed by atoms with Crippen molar-refractivity contribution in [2.45, 2.75) is 128 Å². The summed E-state index contributed by atoms with van der Waals surface area (Å²) < 4.78 is 0. The summed E-state index contributed by atoms with van der Waals surface area (Å²) >= 11 is 0. The van der Waals surface area contributed by atoms with Gasteiger partial charge in [0.05, 0.1) is 16.9 Å². The van der Waals surface area contributed by atoms with Gasteiger partial charge in [-0.1, -0.05) is 59.1 Å². The predicted octanol–water partition coefficient (Wildman–Crippen LogP) is 6.03. The fourth-order valence-electron chi connectivity index (χ4n) is 10.8. The van der Waals surface area contributed by atoms with Crippen LogP contribution in [0.15, 0.2) is 36.4 Å². The maximum atomic E-state index is 14.5. The number of carbonyl (C=O) groups is 3. The number of hydrogen-bond acceptors (Lipinski definition) is 6. The van der Waals surface area contributed by atoms with Crippen molar-refractivity contribution in [3.05, 3.63) is 58.7 Å². The Morgan fingerprint density at radius 1 is 0.792 bits per heavy atom. The molecule has 0 aliphatic heterocycles. The van der Waals surface area contributed by atoms with Crippen LogP contribution >= 0.6 is 0 Å². The monoisotopic (exact) mass is 655 g/mol. The van der Waals surface area contributed by atoms with Gasteiger partial charge in [-0.25, -0.2) is 0 Å². The van der Waals surface area contributed by atoms with Crippen molar-refractivity contribution >= 4 is 29.1 Å². The van der Waals surface area contributed by atoms with Crippen molar-refractivity contribution in [2.24, 2.45) is 34.1 Å². The quantitative estimate of drug-likeness (QED) is 0.133. The van der Waals surface area contributed by atoms with Gasteiger partial charge >= 0.3 is 0 Å². The smallest absolute Gasteiger partial charge is 0.241 e. The molecule has 2 fully saturated rings. The van der Waals surface area contributed by atoms with Gasteiger partial charge in [-0.2, -0.15) is 0 Å². The van der Waals surface area contributed by atoms with Crippen LogP contribution in [0, 0.1) is 22.7 Å². The highest BCUT2D eigenvalue weighted by Gasteiger charge is 2.58. The Hall–Kier alpha value is -3.23. The van der Waals surface area contributed by atoms with E-state index >= 15 is 0 Å². The summed E-state index contributed by atoms with van der Waals surface area (Å²) in [5.41, 5.74) is 22.9. The lowest BCUT2D eigenvalue weighted by atomic mass is 9.49. The van der Waals surface area contributed by atoms with Crippen LogP contribution in [-0.4, -0.2) is 30.3 Å². The average molecular weight is 656 g/mol. The van der Waals surface area contributed by atoms with E-state index < -0.39 is 16.9 Å². The summed E-state index contributed by atoms with van der Waals surface area (Å²) in [6, 6.07) is 11.9. The largest absolute Gasteiger partial charge is 0.399 e. The number of carbonyl (C=O) groups excluding carboxylic acids is 3. The molecule has 4 aliphatic rings. The number of amides is 3. The van der Waals surface area contributed by atoms with Crippen LogP contribution in [0.3, 0.4) is 0 Å². The molecule has 0 radical (unpaired) electrons. The second-order valence-corrected chi connectivity index (χ2v) is 16.5. The van der Waals surface area contributed by atoms with Crippen LogP contribution in [-0.2, 0) is 38.1 Å². The van der Waals surface area contributed by atoms with Crippen molar-refractivity contribution in [3.63, 3.8) is 0 Å². The SMILES string of the molecule is C[C@]1(C(=O)NC(=O)[C@@]2(C)CCC[C@]3(C)c4cc(NC(=O)[C@@H](N)CCCCN)ccc4CC[C@@H]23)CCC[C@]2(C)c3cc(N)ccc3CCC12. The summed E-state index contributed by atoms with van der Waals surface area (Å²) in [5.74, 6) is -0.234. The highest BCUT2D eigenvalue weighted by atomic mass is 16.2. The molecular formula is C40H57N5O3. The summed E-state index contributed by atoms with van der Waals surface area (Å²) in [6.45, 7) is 9.36. The minimum absolute atomic E-state index is 0.0671. The number of imide groups is 1. The predicted molar refractivity (Wildman–Crippen MR) is 192 cm³/mol. The average Bonchev–Trinajstić information content (AvgIpc) is 3.05. The lowest BCUT2D eigenvalue weighted by molar-refractivity contribution is -0.150. The lowest BCUT2D eigenvalue weighted by Crippen LogP contribution is -2.60. The van der Waals surface area contributed by atoms with Gasteiger partial charge < -0.3 is 22.5 Å². The zero-order valence-electron chi connectivity index (χ0n) is 29.6. The van der Waals surface area contributed by atoms with Crippen molar-refractivity contribution in [1.82, 2.24) is 5.32 Å². The fraction of sp³-hybridized carbons (Fsp3) is 0.625. The van der Waals surface area contributed by atoms with Crippen molar-refractivity contribution in [1.29, 1.82) is 0 Å². The number of fused-ring (bicyclic) bond motifs is 6. The van der Waals surface area contributed by atoms with E-state index in [4.69, 9.17) is 17.2 Å². The second-order valence-electron chi connectivity index (χ2n) is 16.5. The van der Waals surface area contributed by atoms with Crippen molar-refractivity contribution < 1.29 is 14.4 Å². The molecule has 1 unspecified atom stereocenters. The van der Waals surface area contributed by atoms with E-state index in [0.717, 1.165) is 88.4 Å². The first-order valence-electron chi connectivity index (χ1n) is 18.4. The third-order valence-electron chi connectivity index (χ3n) is 13.6. The third-order valence-corrected chi connectivity index (χ3v) is 13.6. The number of hydrogen-bond donors (Lipinski definition) is 5. The number of nitrogens with one attached hydrogen (secondary N) is 2. The van der Waals surface area contributed by atoms with Crippen molar-refractivity contribution in [3.8, 4) is 0 Å². The lowest BCUT2D eigenvalue weighted by Gasteiger charge is -2.56. The van der Waals surface area contributed by atoms with E-state index in [1.54, 1.807) is 0 Å². The molecule has 4 aliphatic carbocycles. The Morgan fingerprint density at radius 2 is 1.33 bits per heavy atom. The Balaban J connectivity index is 1.21. The molecule has 8 N–H and O–H groups in total. The normalized spacial score (nSPS) is 32.9. The van der Waals surface area contributed by atoms with Crippen LogP contribution in [0.5, 0.6) is 0 Å². The van der Waals surface area contributed by atoms with E-state index in [-0.39, 0.29) is 40.4 Å². The first-order valence-corrected chi connectivity index (χ1v) is 18.4. The molecule has 48 heavy (non-hydrogen) atoms. The number of nitrogen functional groups attached to an aromatic ring is 1. The van der Waals surface area contributed by atoms with Crippen LogP contribution in [0.4, 0.5) is 11.4 Å². The van der Waals surface area contributed by atoms with Gasteiger partial charge in [-0.05, 0) is 140 Å². The Morgan fingerprint density at radius 3 is 1.90 bits per heavy atom. The molecular weight excluding hydrogens is 598 g/mol. The van der Waals surface area contributed by atoms with Crippen LogP contribution in [0.25, 0.3) is 0 Å². The molecule has 260 valence electrons. The third kappa shape index (κ3) is 5.77. The van der Waals surface area contributed by atoms with E-state index in [0.29, 0.717) is 13.0 Å². The molecule has 7 atom stereocenters. The van der Waals surface area contributed by atoms with Gasteiger partial charge in [0.15, 0.2) is 0 Å². The minimum Gasteiger partial charge on any atom is -0.399 e. The van der Waals surface area contributed by atoms with E-state index in [1.165, 1.54) is 22.3 Å². The summed E-state index contributed by atoms with van der Waals surface area (Å²) in [4.78, 5) is 41.8. The summed E-state index contributed by atoms with van der Waals surface area (Å²) in [7, 11) is 0. The number of rotatable bonds is 8. The Bertz CT molecular complexity index is 1590. The number of nitrogens with two attached hydrogens (primary N) is 3. The minimum atomic E-state index is -0.688. The zero-order chi connectivity index (χ0) is 34.5. The highest BCUT2D eigenvalue weighted by molar-refractivity contribution is 6.01. The van der Waals surface area contributed by atoms with Gasteiger partial charge in [0.2, 0.25) is 17.7 Å². The highest BCUT2D eigenvalue weighted by Crippen LogP contribution is 2.59. The first kappa shape index (κ1) is 34.6. The number of aryl methyl sites for hydroxylation is 2. The molecule has 3 amide bonds. The molecule has 2 aromatic carbocycles. The maximum Gasteiger partial charge on any atom is 0.241 e. The number of unbranched alkanes of at least 4 members (excludes halogenated alkanes) is 1. The maximum absolute atomic E-state index is 14.5. The van der Waals surface area contributed by atoms with Crippen LogP contribution in [0.2, 0.25) is 0 Å². The van der Waals surface area contributed by atoms with Crippen LogP contribution in [0.1, 0.15) is 121 Å². The van der Waals surface area contributed by atoms with Crippen molar-refractivity contribution in [2.75, 3.05) is 17.6 Å². The molecule has 0 saturated heterocycles. The number of anilines is 2. The van der Waals surface area contributed by atoms with Gasteiger partial charge in [-0.15, -0.1) is 0 Å². The van der Waals surface area contributed by atoms with Gasteiger partial charge in [0.1, 0.15) is 0 Å². The van der Waals surface area contributed by atoms with E-state index in [2.05, 4.69) is 62.6 Å².